The Labute approximate surface area is 119 Å². The lowest BCUT2D eigenvalue weighted by atomic mass is 10.2. The number of hydrogen-bond acceptors (Lipinski definition) is 5. The van der Waals surface area contributed by atoms with E-state index in [0.29, 0.717) is 12.0 Å². The minimum absolute atomic E-state index is 0.573. The second kappa shape index (κ2) is 5.57. The molecule has 1 heterocycles. The summed E-state index contributed by atoms with van der Waals surface area (Å²) in [5.74, 6) is 3.52. The second-order valence-electron chi connectivity index (χ2n) is 5.53. The Bertz CT molecular complexity index is 447. The van der Waals surface area contributed by atoms with Crippen LogP contribution in [0.25, 0.3) is 0 Å². The first-order chi connectivity index (χ1) is 9.28. The molecule has 0 amide bonds. The second-order valence-corrected chi connectivity index (χ2v) is 6.67. The van der Waals surface area contributed by atoms with Crippen LogP contribution in [0.5, 0.6) is 0 Å². The average Bonchev–Trinajstić information content (AvgIpc) is 3.19. The predicted molar refractivity (Wildman–Crippen MR) is 82.1 cm³/mol. The molecule has 2 aliphatic rings. The van der Waals surface area contributed by atoms with Crippen molar-refractivity contribution in [1.82, 2.24) is 9.97 Å². The summed E-state index contributed by atoms with van der Waals surface area (Å²) in [4.78, 5) is 9.24. The molecule has 5 heteroatoms. The highest BCUT2D eigenvalue weighted by Gasteiger charge is 2.28. The molecular weight excluding hydrogens is 256 g/mol. The molecule has 2 aliphatic carbocycles. The molecule has 2 unspecified atom stereocenters. The highest BCUT2D eigenvalue weighted by atomic mass is 32.2. The zero-order valence-electron chi connectivity index (χ0n) is 11.6. The smallest absolute Gasteiger partial charge is 0.136 e. The molecule has 104 valence electrons. The van der Waals surface area contributed by atoms with Gasteiger partial charge in [-0.15, -0.1) is 0 Å². The summed E-state index contributed by atoms with van der Waals surface area (Å²) in [6, 6.07) is 2.60. The van der Waals surface area contributed by atoms with Crippen molar-refractivity contribution in [1.29, 1.82) is 0 Å². The van der Waals surface area contributed by atoms with Crippen molar-refractivity contribution in [2.45, 2.75) is 49.3 Å². The largest absolute Gasteiger partial charge is 0.373 e. The summed E-state index contributed by atoms with van der Waals surface area (Å²) < 4.78 is 0. The fourth-order valence-corrected chi connectivity index (χ4v) is 3.48. The third-order valence-corrected chi connectivity index (χ3v) is 5.11. The van der Waals surface area contributed by atoms with Gasteiger partial charge in [-0.1, -0.05) is 0 Å². The lowest BCUT2D eigenvalue weighted by Crippen LogP contribution is -2.17. The monoisotopic (exact) mass is 278 g/mol. The Morgan fingerprint density at radius 2 is 1.95 bits per heavy atom. The van der Waals surface area contributed by atoms with Gasteiger partial charge in [-0.25, -0.2) is 9.97 Å². The lowest BCUT2D eigenvalue weighted by Gasteiger charge is -2.15. The Kier molecular flexibility index (Phi) is 3.82. The number of thioether (sulfide) groups is 1. The molecule has 2 fully saturated rings. The number of aromatic nitrogens is 2. The van der Waals surface area contributed by atoms with Crippen LogP contribution >= 0.6 is 11.8 Å². The summed E-state index contributed by atoms with van der Waals surface area (Å²) >= 11 is 1.99. The molecule has 4 nitrogen and oxygen atoms in total. The van der Waals surface area contributed by atoms with E-state index in [-0.39, 0.29) is 0 Å². The molecular formula is C14H22N4S. The van der Waals surface area contributed by atoms with Crippen LogP contribution in [0.15, 0.2) is 6.07 Å². The quantitative estimate of drug-likeness (QED) is 0.867. The van der Waals surface area contributed by atoms with E-state index >= 15 is 0 Å². The first-order valence-electron chi connectivity index (χ1n) is 7.14. The summed E-state index contributed by atoms with van der Waals surface area (Å²) in [5.41, 5.74) is 0. The van der Waals surface area contributed by atoms with Crippen molar-refractivity contribution >= 4 is 23.4 Å². The van der Waals surface area contributed by atoms with Crippen molar-refractivity contribution in [3.8, 4) is 0 Å². The molecule has 2 saturated carbocycles. The van der Waals surface area contributed by atoms with Gasteiger partial charge in [0.2, 0.25) is 0 Å². The van der Waals surface area contributed by atoms with Crippen LogP contribution in [0.3, 0.4) is 0 Å². The minimum Gasteiger partial charge on any atom is -0.373 e. The average molecular weight is 278 g/mol. The van der Waals surface area contributed by atoms with Crippen LogP contribution in [-0.4, -0.2) is 34.6 Å². The summed E-state index contributed by atoms with van der Waals surface area (Å²) in [7, 11) is 1.92. The highest BCUT2D eigenvalue weighted by molar-refractivity contribution is 7.99. The van der Waals surface area contributed by atoms with E-state index in [1.54, 1.807) is 0 Å². The number of nitrogens with one attached hydrogen (secondary N) is 2. The van der Waals surface area contributed by atoms with Gasteiger partial charge >= 0.3 is 0 Å². The van der Waals surface area contributed by atoms with Crippen LogP contribution in [0, 0.1) is 0 Å². The number of anilines is 2. The molecule has 0 bridgehead atoms. The third kappa shape index (κ3) is 3.14. The molecule has 2 N–H and O–H groups in total. The van der Waals surface area contributed by atoms with Gasteiger partial charge in [-0.05, 0) is 38.4 Å². The molecule has 0 aliphatic heterocycles. The van der Waals surface area contributed by atoms with E-state index in [1.807, 2.05) is 24.9 Å². The van der Waals surface area contributed by atoms with Crippen LogP contribution < -0.4 is 10.6 Å². The summed E-state index contributed by atoms with van der Waals surface area (Å²) in [6.45, 7) is 0. The van der Waals surface area contributed by atoms with E-state index in [0.717, 1.165) is 22.7 Å². The lowest BCUT2D eigenvalue weighted by molar-refractivity contribution is 0.748. The topological polar surface area (TPSA) is 49.8 Å². The molecule has 0 spiro atoms. The Hall–Kier alpha value is -0.970. The highest BCUT2D eigenvalue weighted by Crippen LogP contribution is 2.39. The van der Waals surface area contributed by atoms with Gasteiger partial charge in [0.15, 0.2) is 0 Å². The Balaban J connectivity index is 1.71. The molecule has 19 heavy (non-hydrogen) atoms. The number of hydrogen-bond donors (Lipinski definition) is 2. The molecule has 2 atom stereocenters. The maximum Gasteiger partial charge on any atom is 0.136 e. The van der Waals surface area contributed by atoms with E-state index in [1.165, 1.54) is 32.1 Å². The summed E-state index contributed by atoms with van der Waals surface area (Å²) in [5, 5.41) is 7.55. The summed E-state index contributed by atoms with van der Waals surface area (Å²) in [6.07, 6.45) is 8.51. The van der Waals surface area contributed by atoms with Gasteiger partial charge in [0.05, 0.1) is 0 Å². The van der Waals surface area contributed by atoms with Gasteiger partial charge in [-0.3, -0.25) is 0 Å². The van der Waals surface area contributed by atoms with E-state index in [2.05, 4.69) is 26.9 Å². The molecule has 0 aromatic carbocycles. The van der Waals surface area contributed by atoms with Crippen LogP contribution in [0.1, 0.15) is 43.8 Å². The van der Waals surface area contributed by atoms with Crippen molar-refractivity contribution < 1.29 is 0 Å². The van der Waals surface area contributed by atoms with Gasteiger partial charge in [0.25, 0.3) is 0 Å². The maximum atomic E-state index is 4.69. The Morgan fingerprint density at radius 1 is 1.16 bits per heavy atom. The van der Waals surface area contributed by atoms with Crippen molar-refractivity contribution in [2.75, 3.05) is 23.9 Å². The van der Waals surface area contributed by atoms with E-state index in [4.69, 9.17) is 0 Å². The molecule has 3 rings (SSSR count). The van der Waals surface area contributed by atoms with Gasteiger partial charge < -0.3 is 10.6 Å². The molecule has 0 saturated heterocycles. The molecule has 1 aromatic heterocycles. The van der Waals surface area contributed by atoms with Gasteiger partial charge in [0, 0.05) is 30.3 Å². The fourth-order valence-electron chi connectivity index (χ4n) is 2.69. The predicted octanol–water partition coefficient (Wildman–Crippen LogP) is 3.09. The SMILES string of the molecule is CNc1cc(NC2CCC(SC)C2)nc(C2CC2)n1. The van der Waals surface area contributed by atoms with E-state index < -0.39 is 0 Å². The minimum atomic E-state index is 0.573. The van der Waals surface area contributed by atoms with E-state index in [9.17, 15) is 0 Å². The maximum absolute atomic E-state index is 4.69. The van der Waals surface area contributed by atoms with Crippen molar-refractivity contribution in [3.63, 3.8) is 0 Å². The normalized spacial score (nSPS) is 26.4. The van der Waals surface area contributed by atoms with Crippen LogP contribution in [0.4, 0.5) is 11.6 Å². The Morgan fingerprint density at radius 3 is 2.58 bits per heavy atom. The van der Waals surface area contributed by atoms with Gasteiger partial charge in [0.1, 0.15) is 17.5 Å². The molecule has 1 aromatic rings. The van der Waals surface area contributed by atoms with Gasteiger partial charge in [-0.2, -0.15) is 11.8 Å². The first-order valence-corrected chi connectivity index (χ1v) is 8.43. The number of nitrogens with zero attached hydrogens (tertiary/aromatic N) is 2. The zero-order chi connectivity index (χ0) is 13.2. The third-order valence-electron chi connectivity index (χ3n) is 4.01. The number of rotatable bonds is 5. The fraction of sp³-hybridized carbons (Fsp3) is 0.714. The van der Waals surface area contributed by atoms with Crippen LogP contribution in [0.2, 0.25) is 0 Å². The van der Waals surface area contributed by atoms with Crippen molar-refractivity contribution in [2.24, 2.45) is 0 Å². The molecule has 0 radical (unpaired) electrons. The van der Waals surface area contributed by atoms with Crippen LogP contribution in [-0.2, 0) is 0 Å². The zero-order valence-corrected chi connectivity index (χ0v) is 12.5. The first kappa shape index (κ1) is 13.0. The standard InChI is InChI=1S/C14H22N4S/c1-15-12-8-13(18-14(17-12)9-3-4-9)16-10-5-6-11(7-10)19-2/h8-11H,3-7H2,1-2H3,(H2,15,16,17,18). The van der Waals surface area contributed by atoms with Crippen molar-refractivity contribution in [3.05, 3.63) is 11.9 Å².